The van der Waals surface area contributed by atoms with Gasteiger partial charge in [-0.25, -0.2) is 0 Å². The van der Waals surface area contributed by atoms with Crippen molar-refractivity contribution in [3.63, 3.8) is 0 Å². The van der Waals surface area contributed by atoms with Crippen LogP contribution in [0.3, 0.4) is 0 Å². The van der Waals surface area contributed by atoms with Crippen molar-refractivity contribution in [2.45, 2.75) is 0 Å². The van der Waals surface area contributed by atoms with Crippen LogP contribution in [0.1, 0.15) is 0 Å². The quantitative estimate of drug-likeness (QED) is 0.555. The smallest absolute Gasteiger partial charge is 0.247 e. The van der Waals surface area contributed by atoms with E-state index in [2.05, 4.69) is 25.4 Å². The Bertz CT molecular complexity index is 151. The number of halogens is 2. The van der Waals surface area contributed by atoms with Gasteiger partial charge in [-0.1, -0.05) is 15.9 Å². The van der Waals surface area contributed by atoms with Crippen LogP contribution in [0.25, 0.3) is 0 Å². The molecule has 0 aliphatic rings. The lowest BCUT2D eigenvalue weighted by Crippen LogP contribution is -2.06. The topological polar surface area (TPSA) is 52.6 Å². The monoisotopic (exact) mass is 274 g/mol. The average Bonchev–Trinajstić information content (AvgIpc) is 2.05. The van der Waals surface area contributed by atoms with E-state index in [-0.39, 0.29) is 19.0 Å². The Hall–Kier alpha value is 0.0300. The molecule has 6 heteroatoms. The van der Waals surface area contributed by atoms with Crippen molar-refractivity contribution in [2.75, 3.05) is 32.8 Å². The number of ether oxygens (including phenoxy) is 2. The Morgan fingerprint density at radius 2 is 1.69 bits per heavy atom. The summed E-state index contributed by atoms with van der Waals surface area (Å²) in [5.74, 6) is 0.0718. The fourth-order valence-electron chi connectivity index (χ4n) is 0.313. The summed E-state index contributed by atoms with van der Waals surface area (Å²) in [5.41, 5.74) is 0. The summed E-state index contributed by atoms with van der Waals surface area (Å²) in [6.07, 6.45) is 0. The van der Waals surface area contributed by atoms with Crippen LogP contribution in [0.5, 0.6) is 0 Å². The SMILES string of the molecule is COCC(=O)CBr.COCC(=O)Cl. The summed E-state index contributed by atoms with van der Waals surface area (Å²) in [6, 6.07) is 0. The number of carbonyl (C=O) groups is 2. The van der Waals surface area contributed by atoms with E-state index in [0.29, 0.717) is 5.33 Å². The number of methoxy groups -OCH3 is 2. The van der Waals surface area contributed by atoms with Gasteiger partial charge in [-0.2, -0.15) is 0 Å². The van der Waals surface area contributed by atoms with Crippen molar-refractivity contribution < 1.29 is 19.1 Å². The van der Waals surface area contributed by atoms with Gasteiger partial charge < -0.3 is 9.47 Å². The number of carbonyl (C=O) groups excluding carboxylic acids is 2. The molecular weight excluding hydrogens is 263 g/mol. The van der Waals surface area contributed by atoms with E-state index >= 15 is 0 Å². The number of rotatable bonds is 5. The maximum absolute atomic E-state index is 10.2. The van der Waals surface area contributed by atoms with Crippen LogP contribution in [0.15, 0.2) is 0 Å². The van der Waals surface area contributed by atoms with Crippen molar-refractivity contribution in [3.05, 3.63) is 0 Å². The number of Topliss-reactive ketones (excluding diaryl/α,β-unsaturated/α-hetero) is 1. The molecule has 0 saturated heterocycles. The first-order valence-electron chi connectivity index (χ1n) is 3.32. The van der Waals surface area contributed by atoms with Crippen LogP contribution in [-0.4, -0.2) is 43.8 Å². The van der Waals surface area contributed by atoms with Gasteiger partial charge in [-0.3, -0.25) is 9.59 Å². The minimum absolute atomic E-state index is 0.00154. The lowest BCUT2D eigenvalue weighted by molar-refractivity contribution is -0.120. The van der Waals surface area contributed by atoms with Gasteiger partial charge in [0.15, 0.2) is 5.78 Å². The molecule has 0 aromatic rings. The van der Waals surface area contributed by atoms with Crippen LogP contribution in [0, 0.1) is 0 Å². The Morgan fingerprint density at radius 1 is 1.23 bits per heavy atom. The van der Waals surface area contributed by atoms with Gasteiger partial charge in [0.05, 0.1) is 5.33 Å². The maximum Gasteiger partial charge on any atom is 0.247 e. The van der Waals surface area contributed by atoms with Crippen molar-refractivity contribution in [3.8, 4) is 0 Å². The fraction of sp³-hybridized carbons (Fsp3) is 0.714. The minimum atomic E-state index is -0.461. The van der Waals surface area contributed by atoms with Crippen LogP contribution < -0.4 is 0 Å². The number of ketones is 1. The zero-order valence-corrected chi connectivity index (χ0v) is 9.85. The predicted octanol–water partition coefficient (Wildman–Crippen LogP) is 0.995. The molecule has 0 aliphatic heterocycles. The molecular formula is C7H12BrClO4. The molecule has 0 N–H and O–H groups in total. The van der Waals surface area contributed by atoms with E-state index in [0.717, 1.165) is 0 Å². The molecule has 0 amide bonds. The fourth-order valence-corrected chi connectivity index (χ4v) is 0.584. The second kappa shape index (κ2) is 12.0. The van der Waals surface area contributed by atoms with Crippen molar-refractivity contribution in [1.82, 2.24) is 0 Å². The second-order valence-electron chi connectivity index (χ2n) is 1.89. The third kappa shape index (κ3) is 18.8. The molecule has 4 nitrogen and oxygen atoms in total. The summed E-state index contributed by atoms with van der Waals surface area (Å²) < 4.78 is 8.84. The van der Waals surface area contributed by atoms with Crippen LogP contribution in [0.2, 0.25) is 0 Å². The molecule has 0 saturated carbocycles. The molecule has 0 aromatic heterocycles. The average molecular weight is 276 g/mol. The standard InChI is InChI=1S/C4H7BrO2.C3H5ClO2/c1-7-3-4(6)2-5;1-6-2-3(4)5/h2-3H2,1H3;2H2,1H3. The summed E-state index contributed by atoms with van der Waals surface area (Å²) in [7, 11) is 2.92. The van der Waals surface area contributed by atoms with E-state index in [9.17, 15) is 9.59 Å². The predicted molar refractivity (Wildman–Crippen MR) is 53.4 cm³/mol. The Balaban J connectivity index is 0. The highest BCUT2D eigenvalue weighted by molar-refractivity contribution is 9.09. The maximum atomic E-state index is 10.2. The normalized spacial score (nSPS) is 8.62. The molecule has 0 fully saturated rings. The molecule has 0 aromatic carbocycles. The molecule has 0 radical (unpaired) electrons. The highest BCUT2D eigenvalue weighted by Crippen LogP contribution is 1.81. The summed E-state index contributed by atoms with van der Waals surface area (Å²) >= 11 is 7.80. The molecule has 0 aliphatic carbocycles. The Kier molecular flexibility index (Phi) is 14.3. The highest BCUT2D eigenvalue weighted by Gasteiger charge is 1.93. The number of hydrogen-bond donors (Lipinski definition) is 0. The van der Waals surface area contributed by atoms with Gasteiger partial charge in [-0.05, 0) is 11.6 Å². The van der Waals surface area contributed by atoms with Gasteiger partial charge in [0, 0.05) is 14.2 Å². The molecule has 0 bridgehead atoms. The zero-order chi connectivity index (χ0) is 10.7. The van der Waals surface area contributed by atoms with Gasteiger partial charge in [-0.15, -0.1) is 0 Å². The third-order valence-corrected chi connectivity index (χ3v) is 1.45. The van der Waals surface area contributed by atoms with Crippen molar-refractivity contribution in [2.24, 2.45) is 0 Å². The summed E-state index contributed by atoms with van der Waals surface area (Å²) in [4.78, 5) is 19.9. The Morgan fingerprint density at radius 3 is 1.77 bits per heavy atom. The Labute approximate surface area is 90.7 Å². The van der Waals surface area contributed by atoms with E-state index in [4.69, 9.17) is 11.6 Å². The van der Waals surface area contributed by atoms with Gasteiger partial charge in [0.2, 0.25) is 5.24 Å². The molecule has 0 unspecified atom stereocenters. The minimum Gasteiger partial charge on any atom is -0.377 e. The number of hydrogen-bond acceptors (Lipinski definition) is 4. The second-order valence-corrected chi connectivity index (χ2v) is 2.88. The molecule has 0 atom stereocenters. The highest BCUT2D eigenvalue weighted by atomic mass is 79.9. The first kappa shape index (κ1) is 15.5. The van der Waals surface area contributed by atoms with Crippen LogP contribution in [0.4, 0.5) is 0 Å². The number of alkyl halides is 1. The molecule has 13 heavy (non-hydrogen) atoms. The van der Waals surface area contributed by atoms with E-state index < -0.39 is 5.24 Å². The zero-order valence-electron chi connectivity index (χ0n) is 7.51. The van der Waals surface area contributed by atoms with E-state index in [1.807, 2.05) is 0 Å². The molecule has 78 valence electrons. The third-order valence-electron chi connectivity index (χ3n) is 0.712. The lowest BCUT2D eigenvalue weighted by Gasteiger charge is -1.88. The van der Waals surface area contributed by atoms with Gasteiger partial charge >= 0.3 is 0 Å². The molecule has 0 heterocycles. The van der Waals surface area contributed by atoms with E-state index in [1.54, 1.807) is 0 Å². The lowest BCUT2D eigenvalue weighted by atomic mass is 10.5. The summed E-state index contributed by atoms with van der Waals surface area (Å²) in [6.45, 7) is 0.215. The largest absolute Gasteiger partial charge is 0.377 e. The van der Waals surface area contributed by atoms with Crippen molar-refractivity contribution in [1.29, 1.82) is 0 Å². The molecule has 0 rings (SSSR count). The first-order chi connectivity index (χ1) is 6.08. The van der Waals surface area contributed by atoms with E-state index in [1.165, 1.54) is 14.2 Å². The van der Waals surface area contributed by atoms with Gasteiger partial charge in [0.25, 0.3) is 0 Å². The van der Waals surface area contributed by atoms with Crippen molar-refractivity contribution >= 4 is 38.6 Å². The van der Waals surface area contributed by atoms with Crippen LogP contribution in [-0.2, 0) is 19.1 Å². The summed E-state index contributed by atoms with van der Waals surface area (Å²) in [5, 5.41) is -0.0709. The van der Waals surface area contributed by atoms with Gasteiger partial charge in [0.1, 0.15) is 13.2 Å². The first-order valence-corrected chi connectivity index (χ1v) is 4.82. The molecule has 0 spiro atoms. The van der Waals surface area contributed by atoms with Crippen LogP contribution >= 0.6 is 27.5 Å².